The monoisotopic (exact) mass is 262 g/mol. The van der Waals surface area contributed by atoms with E-state index in [-0.39, 0.29) is 6.42 Å². The smallest absolute Gasteiger partial charge is 0.304 e. The summed E-state index contributed by atoms with van der Waals surface area (Å²) >= 11 is 1.47. The van der Waals surface area contributed by atoms with Crippen LogP contribution in [0.25, 0.3) is 10.9 Å². The van der Waals surface area contributed by atoms with Crippen LogP contribution in [0.2, 0.25) is 0 Å². The second kappa shape index (κ2) is 5.35. The minimum absolute atomic E-state index is 0.140. The Kier molecular flexibility index (Phi) is 3.81. The SMILES string of the molecule is Cc1nc(SCCC(=O)O)c2c(C)cccc2n1. The Morgan fingerprint density at radius 3 is 2.83 bits per heavy atom. The second-order valence-corrected chi connectivity index (χ2v) is 5.12. The molecule has 0 aliphatic rings. The first-order chi connectivity index (χ1) is 8.58. The predicted molar refractivity (Wildman–Crippen MR) is 72.0 cm³/mol. The number of aliphatic carboxylic acids is 1. The highest BCUT2D eigenvalue weighted by Crippen LogP contribution is 2.28. The van der Waals surface area contributed by atoms with Crippen molar-refractivity contribution in [2.45, 2.75) is 25.3 Å². The molecule has 0 radical (unpaired) electrons. The molecule has 0 fully saturated rings. The number of benzene rings is 1. The van der Waals surface area contributed by atoms with Gasteiger partial charge >= 0.3 is 5.97 Å². The van der Waals surface area contributed by atoms with Crippen LogP contribution in [0.3, 0.4) is 0 Å². The minimum Gasteiger partial charge on any atom is -0.481 e. The minimum atomic E-state index is -0.783. The number of carbonyl (C=O) groups is 1. The fraction of sp³-hybridized carbons (Fsp3) is 0.308. The molecule has 4 nitrogen and oxygen atoms in total. The van der Waals surface area contributed by atoms with E-state index in [1.807, 2.05) is 32.0 Å². The number of aromatic nitrogens is 2. The van der Waals surface area contributed by atoms with E-state index in [1.165, 1.54) is 11.8 Å². The molecule has 0 aliphatic heterocycles. The number of rotatable bonds is 4. The highest BCUT2D eigenvalue weighted by Gasteiger charge is 2.09. The van der Waals surface area contributed by atoms with E-state index in [4.69, 9.17) is 5.11 Å². The van der Waals surface area contributed by atoms with Crippen LogP contribution < -0.4 is 0 Å². The Morgan fingerprint density at radius 1 is 1.33 bits per heavy atom. The maximum absolute atomic E-state index is 10.5. The van der Waals surface area contributed by atoms with Crippen LogP contribution in [0.5, 0.6) is 0 Å². The Labute approximate surface area is 109 Å². The lowest BCUT2D eigenvalue weighted by Gasteiger charge is -2.08. The molecule has 1 aromatic heterocycles. The zero-order valence-electron chi connectivity index (χ0n) is 10.3. The fourth-order valence-electron chi connectivity index (χ4n) is 1.77. The normalized spacial score (nSPS) is 10.8. The average Bonchev–Trinajstić information content (AvgIpc) is 2.27. The van der Waals surface area contributed by atoms with Crippen LogP contribution in [0.1, 0.15) is 17.8 Å². The molecule has 0 atom stereocenters. The van der Waals surface area contributed by atoms with E-state index in [9.17, 15) is 4.79 Å². The van der Waals surface area contributed by atoms with Crippen molar-refractivity contribution in [2.24, 2.45) is 0 Å². The van der Waals surface area contributed by atoms with E-state index < -0.39 is 5.97 Å². The summed E-state index contributed by atoms with van der Waals surface area (Å²) < 4.78 is 0. The Balaban J connectivity index is 2.39. The van der Waals surface area contributed by atoms with Gasteiger partial charge in [0, 0.05) is 11.1 Å². The van der Waals surface area contributed by atoms with Gasteiger partial charge in [0.15, 0.2) is 0 Å². The van der Waals surface area contributed by atoms with Gasteiger partial charge in [-0.05, 0) is 25.5 Å². The molecule has 0 unspecified atom stereocenters. The van der Waals surface area contributed by atoms with Crippen molar-refractivity contribution < 1.29 is 9.90 Å². The fourth-order valence-corrected chi connectivity index (χ4v) is 2.84. The molecule has 2 rings (SSSR count). The van der Waals surface area contributed by atoms with Crippen molar-refractivity contribution in [3.8, 4) is 0 Å². The number of hydrogen-bond acceptors (Lipinski definition) is 4. The molecule has 1 heterocycles. The molecular formula is C13H14N2O2S. The average molecular weight is 262 g/mol. The molecule has 0 bridgehead atoms. The lowest BCUT2D eigenvalue weighted by atomic mass is 10.1. The molecule has 1 aromatic carbocycles. The summed E-state index contributed by atoms with van der Waals surface area (Å²) in [6, 6.07) is 5.94. The summed E-state index contributed by atoms with van der Waals surface area (Å²) in [5.41, 5.74) is 2.03. The van der Waals surface area contributed by atoms with Crippen LogP contribution in [0.15, 0.2) is 23.2 Å². The lowest BCUT2D eigenvalue weighted by Crippen LogP contribution is -1.98. The zero-order valence-corrected chi connectivity index (χ0v) is 11.1. The molecule has 5 heteroatoms. The third kappa shape index (κ3) is 2.79. The maximum atomic E-state index is 10.5. The number of nitrogens with zero attached hydrogens (tertiary/aromatic N) is 2. The molecule has 1 N–H and O–H groups in total. The third-order valence-electron chi connectivity index (χ3n) is 2.56. The van der Waals surface area contributed by atoms with E-state index in [1.54, 1.807) is 0 Å². The van der Waals surface area contributed by atoms with Gasteiger partial charge in [0.2, 0.25) is 0 Å². The molecule has 18 heavy (non-hydrogen) atoms. The van der Waals surface area contributed by atoms with Crippen LogP contribution >= 0.6 is 11.8 Å². The summed E-state index contributed by atoms with van der Waals surface area (Å²) in [6.07, 6.45) is 0.140. The van der Waals surface area contributed by atoms with Gasteiger partial charge < -0.3 is 5.11 Å². The van der Waals surface area contributed by atoms with Crippen LogP contribution in [0, 0.1) is 13.8 Å². The van der Waals surface area contributed by atoms with Crippen molar-refractivity contribution in [1.29, 1.82) is 0 Å². The zero-order chi connectivity index (χ0) is 13.1. The molecule has 94 valence electrons. The van der Waals surface area contributed by atoms with Crippen LogP contribution in [0.4, 0.5) is 0 Å². The molecule has 0 saturated heterocycles. The number of fused-ring (bicyclic) bond motifs is 1. The summed E-state index contributed by atoms with van der Waals surface area (Å²) in [7, 11) is 0. The summed E-state index contributed by atoms with van der Waals surface area (Å²) in [4.78, 5) is 19.4. The largest absolute Gasteiger partial charge is 0.481 e. The highest BCUT2D eigenvalue weighted by atomic mass is 32.2. The molecule has 0 amide bonds. The van der Waals surface area contributed by atoms with Gasteiger partial charge in [-0.2, -0.15) is 0 Å². The molecule has 0 spiro atoms. The van der Waals surface area contributed by atoms with Gasteiger partial charge in [0.25, 0.3) is 0 Å². The second-order valence-electron chi connectivity index (χ2n) is 4.04. The number of aryl methyl sites for hydroxylation is 2. The standard InChI is InChI=1S/C13H14N2O2S/c1-8-4-3-5-10-12(8)13(15-9(2)14-10)18-7-6-11(16)17/h3-5H,6-7H2,1-2H3,(H,16,17). The molecular weight excluding hydrogens is 248 g/mol. The summed E-state index contributed by atoms with van der Waals surface area (Å²) in [6.45, 7) is 3.87. The van der Waals surface area contributed by atoms with Crippen molar-refractivity contribution >= 4 is 28.6 Å². The van der Waals surface area contributed by atoms with E-state index in [0.717, 1.165) is 21.5 Å². The van der Waals surface area contributed by atoms with E-state index in [0.29, 0.717) is 11.6 Å². The first kappa shape index (κ1) is 12.8. The number of thioether (sulfide) groups is 1. The van der Waals surface area contributed by atoms with Gasteiger partial charge in [-0.3, -0.25) is 4.79 Å². The van der Waals surface area contributed by atoms with Gasteiger partial charge in [0.1, 0.15) is 10.9 Å². The molecule has 0 saturated carbocycles. The Bertz CT molecular complexity index is 599. The van der Waals surface area contributed by atoms with Crippen molar-refractivity contribution in [2.75, 3.05) is 5.75 Å². The first-order valence-electron chi connectivity index (χ1n) is 5.66. The number of carboxylic acids is 1. The van der Waals surface area contributed by atoms with Gasteiger partial charge in [-0.25, -0.2) is 9.97 Å². The van der Waals surface area contributed by atoms with Crippen molar-refractivity contribution in [1.82, 2.24) is 9.97 Å². The van der Waals surface area contributed by atoms with E-state index >= 15 is 0 Å². The predicted octanol–water partition coefficient (Wildman–Crippen LogP) is 2.81. The van der Waals surface area contributed by atoms with Gasteiger partial charge in [-0.15, -0.1) is 11.8 Å². The topological polar surface area (TPSA) is 63.1 Å². The van der Waals surface area contributed by atoms with Gasteiger partial charge in [0.05, 0.1) is 11.9 Å². The summed E-state index contributed by atoms with van der Waals surface area (Å²) in [5, 5.41) is 10.6. The maximum Gasteiger partial charge on any atom is 0.304 e. The Hall–Kier alpha value is -1.62. The first-order valence-corrected chi connectivity index (χ1v) is 6.65. The van der Waals surface area contributed by atoms with Crippen molar-refractivity contribution in [3.63, 3.8) is 0 Å². The number of carboxylic acid groups (broad SMARTS) is 1. The highest BCUT2D eigenvalue weighted by molar-refractivity contribution is 7.99. The van der Waals surface area contributed by atoms with E-state index in [2.05, 4.69) is 9.97 Å². The van der Waals surface area contributed by atoms with Gasteiger partial charge in [-0.1, -0.05) is 12.1 Å². The Morgan fingerprint density at radius 2 is 2.11 bits per heavy atom. The quantitative estimate of drug-likeness (QED) is 0.678. The van der Waals surface area contributed by atoms with Crippen LogP contribution in [-0.4, -0.2) is 26.8 Å². The number of hydrogen-bond donors (Lipinski definition) is 1. The third-order valence-corrected chi connectivity index (χ3v) is 3.54. The molecule has 0 aliphatic carbocycles. The van der Waals surface area contributed by atoms with Crippen molar-refractivity contribution in [3.05, 3.63) is 29.6 Å². The summed E-state index contributed by atoms with van der Waals surface area (Å²) in [5.74, 6) is 0.454. The van der Waals surface area contributed by atoms with Crippen LogP contribution in [-0.2, 0) is 4.79 Å². The molecule has 2 aromatic rings. The lowest BCUT2D eigenvalue weighted by molar-refractivity contribution is -0.136.